The van der Waals surface area contributed by atoms with Gasteiger partial charge in [0.2, 0.25) is 0 Å². The number of hydrogen-bond acceptors (Lipinski definition) is 2. The van der Waals surface area contributed by atoms with Crippen LogP contribution in [-0.2, 0) is 20.8 Å². The first-order valence-corrected chi connectivity index (χ1v) is 2.79. The van der Waals surface area contributed by atoms with Crippen molar-refractivity contribution in [1.29, 1.82) is 0 Å². The number of thiol groups is 1. The third kappa shape index (κ3) is 56.5. The Morgan fingerprint density at radius 2 is 1.67 bits per heavy atom. The Morgan fingerprint density at radius 3 is 1.67 bits per heavy atom. The molecule has 0 aromatic heterocycles. The van der Waals surface area contributed by atoms with E-state index < -0.39 is 9.64 Å². The Balaban J connectivity index is -0.0000000450. The zero-order valence-corrected chi connectivity index (χ0v) is 6.42. The Kier molecular flexibility index (Phi) is 25.0. The molecule has 0 aliphatic heterocycles. The van der Waals surface area contributed by atoms with Gasteiger partial charge in [0.1, 0.15) is 9.64 Å². The summed E-state index contributed by atoms with van der Waals surface area (Å²) in [6, 6.07) is 0. The molecule has 0 spiro atoms. The molecule has 1 radical (unpaired) electrons. The molecule has 0 aliphatic rings. The monoisotopic (exact) mass is 137 g/mol. The Labute approximate surface area is 66.1 Å². The van der Waals surface area contributed by atoms with E-state index in [0.717, 1.165) is 0 Å². The van der Waals surface area contributed by atoms with E-state index in [9.17, 15) is 0 Å². The molecule has 0 heterocycles. The predicted molar refractivity (Wildman–Crippen MR) is 32.0 cm³/mol. The summed E-state index contributed by atoms with van der Waals surface area (Å²) in [6.45, 7) is 0. The van der Waals surface area contributed by atoms with E-state index in [1.807, 2.05) is 0 Å². The van der Waals surface area contributed by atoms with Gasteiger partial charge in [-0.3, -0.25) is 0 Å². The maximum absolute atomic E-state index is 8.96. The molecule has 1 unspecified atom stereocenters. The van der Waals surface area contributed by atoms with Gasteiger partial charge in [0.15, 0.2) is 0 Å². The van der Waals surface area contributed by atoms with Gasteiger partial charge in [-0.2, -0.15) is 0 Å². The fourth-order valence-electron chi connectivity index (χ4n) is 0. The molecule has 1 atom stereocenters. The molecule has 2 nitrogen and oxygen atoms in total. The van der Waals surface area contributed by atoms with Crippen molar-refractivity contribution in [2.24, 2.45) is 0 Å². The molecule has 0 fully saturated rings. The van der Waals surface area contributed by atoms with Gasteiger partial charge in [0.05, 0.1) is 0 Å². The van der Waals surface area contributed by atoms with Crippen LogP contribution in [0.5, 0.6) is 0 Å². The van der Waals surface area contributed by atoms with E-state index in [4.69, 9.17) is 8.76 Å². The van der Waals surface area contributed by atoms with Crippen molar-refractivity contribution in [2.75, 3.05) is 0 Å². The third-order valence-electron chi connectivity index (χ3n) is 0. The molecular formula is CH6NaO2S2. The molecule has 0 bridgehead atoms. The summed E-state index contributed by atoms with van der Waals surface area (Å²) in [4.78, 5) is 0. The molecule has 0 aliphatic carbocycles. The Bertz CT molecular complexity index is 59.9. The molecular weight excluding hydrogens is 131 g/mol. The first-order chi connectivity index (χ1) is 1.73. The summed E-state index contributed by atoms with van der Waals surface area (Å²) in [5.74, 6) is 0. The standard InChI is InChI=1S/CH4.Na.H2O2S2/c;;1-4(2)3/h1H4;;4H,(H,1,2,3). The minimum absolute atomic E-state index is 0. The third-order valence-corrected chi connectivity index (χ3v) is 0. The van der Waals surface area contributed by atoms with Gasteiger partial charge in [0, 0.05) is 40.7 Å². The molecule has 1 N–H and O–H groups in total. The van der Waals surface area contributed by atoms with Crippen LogP contribution in [0, 0.1) is 0 Å². The van der Waals surface area contributed by atoms with E-state index in [2.05, 4.69) is 11.2 Å². The average Bonchev–Trinajstić information content (AvgIpc) is 0.811. The zero-order valence-electron chi connectivity index (χ0n) is 2.71. The van der Waals surface area contributed by atoms with Crippen molar-refractivity contribution in [3.05, 3.63) is 0 Å². The minimum atomic E-state index is -2.29. The van der Waals surface area contributed by atoms with Crippen molar-refractivity contribution in [1.82, 2.24) is 0 Å². The van der Waals surface area contributed by atoms with Crippen molar-refractivity contribution in [3.8, 4) is 0 Å². The van der Waals surface area contributed by atoms with Crippen LogP contribution < -0.4 is 0 Å². The average molecular weight is 137 g/mol. The van der Waals surface area contributed by atoms with Crippen LogP contribution in [0.25, 0.3) is 0 Å². The summed E-state index contributed by atoms with van der Waals surface area (Å²) < 4.78 is 16.3. The molecule has 0 amide bonds. The van der Waals surface area contributed by atoms with Gasteiger partial charge in [-0.05, 0) is 0 Å². The predicted octanol–water partition coefficient (Wildman–Crippen LogP) is -0.342. The van der Waals surface area contributed by atoms with E-state index in [1.165, 1.54) is 0 Å². The summed E-state index contributed by atoms with van der Waals surface area (Å²) in [6.07, 6.45) is 0. The minimum Gasteiger partial charge on any atom is -0.308 e. The first-order valence-electron chi connectivity index (χ1n) is 0.565. The van der Waals surface area contributed by atoms with Crippen LogP contribution >= 0.6 is 0 Å². The van der Waals surface area contributed by atoms with Crippen molar-refractivity contribution >= 4 is 50.4 Å². The maximum atomic E-state index is 8.96. The van der Waals surface area contributed by atoms with Crippen LogP contribution in [0.4, 0.5) is 0 Å². The summed E-state index contributed by atoms with van der Waals surface area (Å²) in [7, 11) is -2.29. The molecule has 0 aromatic rings. The quantitative estimate of drug-likeness (QED) is 0.354. The van der Waals surface area contributed by atoms with Crippen molar-refractivity contribution in [2.45, 2.75) is 7.43 Å². The van der Waals surface area contributed by atoms with E-state index in [-0.39, 0.29) is 37.0 Å². The molecule has 6 heavy (non-hydrogen) atoms. The Hall–Kier alpha value is 1.33. The molecule has 0 rings (SSSR count). The summed E-state index contributed by atoms with van der Waals surface area (Å²) >= 11 is 3.69. The second-order valence-electron chi connectivity index (χ2n) is 0.238. The number of rotatable bonds is 0. The summed E-state index contributed by atoms with van der Waals surface area (Å²) in [5, 5.41) is 0. The maximum Gasteiger partial charge on any atom is 0.130 e. The Morgan fingerprint density at radius 1 is 1.67 bits per heavy atom. The van der Waals surface area contributed by atoms with Gasteiger partial charge in [-0.15, -0.1) is 0 Å². The summed E-state index contributed by atoms with van der Waals surface area (Å²) in [5.41, 5.74) is 0. The van der Waals surface area contributed by atoms with Gasteiger partial charge in [-0.1, -0.05) is 7.43 Å². The van der Waals surface area contributed by atoms with E-state index in [0.29, 0.717) is 0 Å². The largest absolute Gasteiger partial charge is 0.308 e. The molecule has 0 saturated heterocycles. The fourth-order valence-corrected chi connectivity index (χ4v) is 0. The molecule has 0 aromatic carbocycles. The molecule has 35 valence electrons. The first kappa shape index (κ1) is 15.7. The number of hydrogen-bond donors (Lipinski definition) is 2. The van der Waals surface area contributed by atoms with E-state index in [1.54, 1.807) is 0 Å². The second-order valence-corrected chi connectivity index (χ2v) is 1.65. The van der Waals surface area contributed by atoms with Crippen molar-refractivity contribution < 1.29 is 8.76 Å². The van der Waals surface area contributed by atoms with E-state index >= 15 is 0 Å². The topological polar surface area (TPSA) is 37.3 Å². The van der Waals surface area contributed by atoms with Crippen LogP contribution in [0.3, 0.4) is 0 Å². The van der Waals surface area contributed by atoms with Gasteiger partial charge in [-0.25, -0.2) is 4.21 Å². The molecule has 5 heteroatoms. The van der Waals surface area contributed by atoms with Crippen molar-refractivity contribution in [3.63, 3.8) is 0 Å². The zero-order chi connectivity index (χ0) is 3.58. The fraction of sp³-hybridized carbons (Fsp3) is 1.00. The van der Waals surface area contributed by atoms with Gasteiger partial charge in [0.25, 0.3) is 0 Å². The normalized spacial score (nSPS) is 10.2. The molecule has 0 saturated carbocycles. The van der Waals surface area contributed by atoms with Gasteiger partial charge < -0.3 is 4.55 Å². The second kappa shape index (κ2) is 9.59. The van der Waals surface area contributed by atoms with Crippen LogP contribution in [0.15, 0.2) is 0 Å². The smallest absolute Gasteiger partial charge is 0.130 e. The van der Waals surface area contributed by atoms with Crippen LogP contribution in [0.2, 0.25) is 0 Å². The van der Waals surface area contributed by atoms with Gasteiger partial charge >= 0.3 is 0 Å². The SMILES string of the molecule is C.O=[SH](O)=S.[Na]. The van der Waals surface area contributed by atoms with Crippen LogP contribution in [0.1, 0.15) is 7.43 Å². The van der Waals surface area contributed by atoms with Crippen LogP contribution in [-0.4, -0.2) is 38.3 Å².